The van der Waals surface area contributed by atoms with E-state index in [1.165, 1.54) is 18.5 Å². The summed E-state index contributed by atoms with van der Waals surface area (Å²) in [6.07, 6.45) is 5.01. The molecule has 2 aromatic carbocycles. The lowest BCUT2D eigenvalue weighted by molar-refractivity contribution is -0.134. The van der Waals surface area contributed by atoms with Crippen molar-refractivity contribution in [2.45, 2.75) is 37.8 Å². The predicted octanol–water partition coefficient (Wildman–Crippen LogP) is 4.31. The van der Waals surface area contributed by atoms with Crippen molar-refractivity contribution in [3.8, 4) is 11.5 Å². The van der Waals surface area contributed by atoms with Gasteiger partial charge in [0.2, 0.25) is 5.91 Å². The van der Waals surface area contributed by atoms with Crippen molar-refractivity contribution in [2.75, 3.05) is 45.3 Å². The number of nitrogens with one attached hydrogen (secondary N) is 2. The number of amides is 1. The number of benzene rings is 2. The molecule has 0 radical (unpaired) electrons. The Morgan fingerprint density at radius 2 is 1.92 bits per heavy atom. The standard InChI is InChI=1S/C27H31ClFN5O4/c1-36-24-14-23-20(27(32-16-31-23)33-18-4-7-22(29)21(28)12-18)13-25(24)38-19-5-2-17(3-6-19)30-15-26(35)34-8-10-37-11-9-34/h4,7,12-14,16-17,19,30H,2-3,5-6,8-11,15H2,1H3,(H,31,32,33)/t17-,19+. The highest BCUT2D eigenvalue weighted by Gasteiger charge is 2.25. The fraction of sp³-hybridized carbons (Fsp3) is 0.444. The highest BCUT2D eigenvalue weighted by molar-refractivity contribution is 6.31. The van der Waals surface area contributed by atoms with E-state index in [0.29, 0.717) is 61.4 Å². The Morgan fingerprint density at radius 1 is 1.13 bits per heavy atom. The fourth-order valence-corrected chi connectivity index (χ4v) is 5.03. The second-order valence-electron chi connectivity index (χ2n) is 9.46. The molecule has 1 saturated carbocycles. The topological polar surface area (TPSA) is 97.8 Å². The molecule has 202 valence electrons. The lowest BCUT2D eigenvalue weighted by Gasteiger charge is -2.31. The van der Waals surface area contributed by atoms with Crippen LogP contribution in [-0.4, -0.2) is 72.9 Å². The molecular weight excluding hydrogens is 513 g/mol. The zero-order valence-electron chi connectivity index (χ0n) is 21.2. The maximum absolute atomic E-state index is 13.6. The summed E-state index contributed by atoms with van der Waals surface area (Å²) < 4.78 is 30.9. The quantitative estimate of drug-likeness (QED) is 0.434. The molecule has 11 heteroatoms. The van der Waals surface area contributed by atoms with Crippen LogP contribution in [0.3, 0.4) is 0 Å². The third kappa shape index (κ3) is 6.25. The van der Waals surface area contributed by atoms with Gasteiger partial charge < -0.3 is 29.7 Å². The van der Waals surface area contributed by atoms with Crippen LogP contribution in [0.1, 0.15) is 25.7 Å². The Bertz CT molecular complexity index is 1280. The Labute approximate surface area is 225 Å². The number of carbonyl (C=O) groups is 1. The summed E-state index contributed by atoms with van der Waals surface area (Å²) in [5.41, 5.74) is 1.28. The van der Waals surface area contributed by atoms with E-state index in [1.807, 2.05) is 17.0 Å². The van der Waals surface area contributed by atoms with E-state index < -0.39 is 5.82 Å². The number of morpholine rings is 1. The maximum Gasteiger partial charge on any atom is 0.236 e. The first-order valence-electron chi connectivity index (χ1n) is 12.8. The molecule has 1 saturated heterocycles. The SMILES string of the molecule is COc1cc2ncnc(Nc3ccc(F)c(Cl)c3)c2cc1O[C@H]1CC[C@@H](NCC(=O)N2CCOCC2)CC1. The van der Waals surface area contributed by atoms with Gasteiger partial charge >= 0.3 is 0 Å². The maximum atomic E-state index is 13.6. The molecule has 0 spiro atoms. The number of rotatable bonds is 8. The van der Waals surface area contributed by atoms with Crippen LogP contribution in [0.5, 0.6) is 11.5 Å². The molecule has 0 bridgehead atoms. The number of aromatic nitrogens is 2. The number of ether oxygens (including phenoxy) is 3. The van der Waals surface area contributed by atoms with Crippen LogP contribution in [0.4, 0.5) is 15.9 Å². The molecule has 1 aliphatic heterocycles. The number of methoxy groups -OCH3 is 1. The first-order chi connectivity index (χ1) is 18.5. The number of fused-ring (bicyclic) bond motifs is 1. The number of carbonyl (C=O) groups excluding carboxylic acids is 1. The van der Waals surface area contributed by atoms with Gasteiger partial charge in [0.05, 0.1) is 43.5 Å². The summed E-state index contributed by atoms with van der Waals surface area (Å²) in [6.45, 7) is 2.89. The van der Waals surface area contributed by atoms with Gasteiger partial charge in [0.1, 0.15) is 18.0 Å². The second kappa shape index (κ2) is 12.1. The molecule has 1 aromatic heterocycles. The molecule has 38 heavy (non-hydrogen) atoms. The molecule has 0 unspecified atom stereocenters. The Hall–Kier alpha value is -3.21. The van der Waals surface area contributed by atoms with E-state index in [4.69, 9.17) is 25.8 Å². The molecule has 2 aliphatic rings. The van der Waals surface area contributed by atoms with Crippen molar-refractivity contribution in [1.29, 1.82) is 0 Å². The first kappa shape index (κ1) is 26.4. The van der Waals surface area contributed by atoms with E-state index >= 15 is 0 Å². The van der Waals surface area contributed by atoms with Gasteiger partial charge in [-0.05, 0) is 49.9 Å². The summed E-state index contributed by atoms with van der Waals surface area (Å²) >= 11 is 5.94. The molecule has 2 fully saturated rings. The van der Waals surface area contributed by atoms with Gasteiger partial charge in [0, 0.05) is 36.3 Å². The third-order valence-electron chi connectivity index (χ3n) is 6.98. The van der Waals surface area contributed by atoms with Crippen LogP contribution < -0.4 is 20.1 Å². The highest BCUT2D eigenvalue weighted by Crippen LogP contribution is 2.37. The number of nitrogens with zero attached hydrogens (tertiary/aromatic N) is 3. The Kier molecular flexibility index (Phi) is 8.41. The van der Waals surface area contributed by atoms with Crippen LogP contribution in [0.15, 0.2) is 36.7 Å². The Balaban J connectivity index is 1.23. The van der Waals surface area contributed by atoms with Gasteiger partial charge in [-0.2, -0.15) is 0 Å². The van der Waals surface area contributed by atoms with Crippen LogP contribution in [-0.2, 0) is 9.53 Å². The summed E-state index contributed by atoms with van der Waals surface area (Å²) in [4.78, 5) is 23.0. The molecular formula is C27H31ClFN5O4. The van der Waals surface area contributed by atoms with Crippen LogP contribution in [0, 0.1) is 5.82 Å². The second-order valence-corrected chi connectivity index (χ2v) is 9.87. The van der Waals surface area contributed by atoms with Gasteiger partial charge in [0.15, 0.2) is 11.5 Å². The van der Waals surface area contributed by atoms with E-state index in [0.717, 1.165) is 31.1 Å². The van der Waals surface area contributed by atoms with Crippen molar-refractivity contribution in [3.05, 3.63) is 47.5 Å². The zero-order valence-corrected chi connectivity index (χ0v) is 22.0. The third-order valence-corrected chi connectivity index (χ3v) is 7.27. The monoisotopic (exact) mass is 543 g/mol. The van der Waals surface area contributed by atoms with E-state index in [2.05, 4.69) is 20.6 Å². The van der Waals surface area contributed by atoms with Crippen molar-refractivity contribution < 1.29 is 23.4 Å². The number of hydrogen-bond acceptors (Lipinski definition) is 8. The Morgan fingerprint density at radius 3 is 2.66 bits per heavy atom. The minimum absolute atomic E-state index is 0.0197. The summed E-state index contributed by atoms with van der Waals surface area (Å²) in [5.74, 6) is 1.38. The molecule has 9 nitrogen and oxygen atoms in total. The average Bonchev–Trinajstić information content (AvgIpc) is 2.95. The van der Waals surface area contributed by atoms with Crippen LogP contribution >= 0.6 is 11.6 Å². The van der Waals surface area contributed by atoms with Gasteiger partial charge in [-0.25, -0.2) is 14.4 Å². The highest BCUT2D eigenvalue weighted by atomic mass is 35.5. The van der Waals surface area contributed by atoms with Crippen LogP contribution in [0.25, 0.3) is 10.9 Å². The molecule has 0 atom stereocenters. The predicted molar refractivity (Wildman–Crippen MR) is 143 cm³/mol. The van der Waals surface area contributed by atoms with E-state index in [-0.39, 0.29) is 23.1 Å². The fourth-order valence-electron chi connectivity index (χ4n) is 4.85. The normalized spacial score (nSPS) is 19.8. The lowest BCUT2D eigenvalue weighted by atomic mass is 9.93. The molecule has 5 rings (SSSR count). The molecule has 2 heterocycles. The zero-order chi connectivity index (χ0) is 26.5. The van der Waals surface area contributed by atoms with Crippen LogP contribution in [0.2, 0.25) is 5.02 Å². The van der Waals surface area contributed by atoms with Gasteiger partial charge in [-0.3, -0.25) is 4.79 Å². The first-order valence-corrected chi connectivity index (χ1v) is 13.2. The molecule has 3 aromatic rings. The molecule has 1 aliphatic carbocycles. The van der Waals surface area contributed by atoms with Crippen molar-refractivity contribution in [2.24, 2.45) is 0 Å². The summed E-state index contributed by atoms with van der Waals surface area (Å²) in [7, 11) is 1.60. The largest absolute Gasteiger partial charge is 0.493 e. The average molecular weight is 544 g/mol. The molecule has 1 amide bonds. The van der Waals surface area contributed by atoms with Crippen molar-refractivity contribution in [1.82, 2.24) is 20.2 Å². The van der Waals surface area contributed by atoms with Gasteiger partial charge in [0.25, 0.3) is 0 Å². The molecule has 2 N–H and O–H groups in total. The summed E-state index contributed by atoms with van der Waals surface area (Å²) in [6, 6.07) is 8.37. The minimum Gasteiger partial charge on any atom is -0.493 e. The summed E-state index contributed by atoms with van der Waals surface area (Å²) in [5, 5.41) is 7.37. The smallest absolute Gasteiger partial charge is 0.236 e. The number of halogens is 2. The number of anilines is 2. The van der Waals surface area contributed by atoms with Gasteiger partial charge in [-0.15, -0.1) is 0 Å². The number of hydrogen-bond donors (Lipinski definition) is 2. The van der Waals surface area contributed by atoms with Gasteiger partial charge in [-0.1, -0.05) is 11.6 Å². The minimum atomic E-state index is -0.487. The lowest BCUT2D eigenvalue weighted by Crippen LogP contribution is -2.47. The van der Waals surface area contributed by atoms with E-state index in [9.17, 15) is 9.18 Å². The van der Waals surface area contributed by atoms with E-state index in [1.54, 1.807) is 13.2 Å². The van der Waals surface area contributed by atoms with Crippen molar-refractivity contribution in [3.63, 3.8) is 0 Å². The van der Waals surface area contributed by atoms with Crippen molar-refractivity contribution >= 4 is 39.9 Å².